The van der Waals surface area contributed by atoms with Crippen molar-refractivity contribution in [1.82, 2.24) is 9.97 Å². The van der Waals surface area contributed by atoms with Gasteiger partial charge in [0.15, 0.2) is 0 Å². The minimum absolute atomic E-state index is 0.0427. The Morgan fingerprint density at radius 1 is 1.48 bits per heavy atom. The van der Waals surface area contributed by atoms with Crippen molar-refractivity contribution in [3.05, 3.63) is 23.7 Å². The molecular formula is C18H23F3N6O2. The first-order chi connectivity index (χ1) is 13.7. The summed E-state index contributed by atoms with van der Waals surface area (Å²) in [6.45, 7) is 2.41. The number of rotatable bonds is 7. The van der Waals surface area contributed by atoms with E-state index in [0.29, 0.717) is 30.6 Å². The van der Waals surface area contributed by atoms with Crippen LogP contribution in [0.1, 0.15) is 31.7 Å². The van der Waals surface area contributed by atoms with Crippen molar-refractivity contribution in [1.29, 1.82) is 0 Å². The van der Waals surface area contributed by atoms with Crippen molar-refractivity contribution in [2.75, 3.05) is 30.8 Å². The first-order valence-corrected chi connectivity index (χ1v) is 9.21. The third kappa shape index (κ3) is 4.60. The summed E-state index contributed by atoms with van der Waals surface area (Å²) in [6.07, 6.45) is -0.181. The predicted molar refractivity (Wildman–Crippen MR) is 101 cm³/mol. The molecule has 1 saturated heterocycles. The molecular weight excluding hydrogens is 389 g/mol. The summed E-state index contributed by atoms with van der Waals surface area (Å²) in [5, 5.41) is 5.29. The highest BCUT2D eigenvalue weighted by Crippen LogP contribution is 2.36. The molecule has 0 aromatic carbocycles. The molecule has 2 heterocycles. The maximum Gasteiger partial charge on any atom is 0.421 e. The van der Waals surface area contributed by atoms with E-state index in [-0.39, 0.29) is 30.2 Å². The highest BCUT2D eigenvalue weighted by atomic mass is 19.4. The molecule has 1 aliphatic carbocycles. The minimum Gasteiger partial charge on any atom is -0.465 e. The third-order valence-corrected chi connectivity index (χ3v) is 4.96. The van der Waals surface area contributed by atoms with Crippen LogP contribution in [-0.4, -0.2) is 41.8 Å². The molecule has 2 aliphatic rings. The summed E-state index contributed by atoms with van der Waals surface area (Å²) in [5.41, 5.74) is 5.16. The van der Waals surface area contributed by atoms with Gasteiger partial charge in [0.05, 0.1) is 30.0 Å². The second-order valence-corrected chi connectivity index (χ2v) is 7.33. The Morgan fingerprint density at radius 3 is 2.72 bits per heavy atom. The van der Waals surface area contributed by atoms with Crippen LogP contribution in [0.15, 0.2) is 23.1 Å². The van der Waals surface area contributed by atoms with Gasteiger partial charge in [-0.15, -0.1) is 0 Å². The first-order valence-electron chi connectivity index (χ1n) is 9.21. The van der Waals surface area contributed by atoms with Crippen LogP contribution in [0.5, 0.6) is 0 Å². The Labute approximate surface area is 165 Å². The lowest BCUT2D eigenvalue weighted by Crippen LogP contribution is -2.27. The molecule has 1 aromatic rings. The van der Waals surface area contributed by atoms with Crippen molar-refractivity contribution in [3.63, 3.8) is 0 Å². The number of hydrogen-bond donors (Lipinski definition) is 3. The van der Waals surface area contributed by atoms with Gasteiger partial charge < -0.3 is 21.1 Å². The lowest BCUT2D eigenvalue weighted by molar-refractivity contribution is -0.145. The fourth-order valence-corrected chi connectivity index (χ4v) is 2.99. The molecule has 1 aliphatic heterocycles. The van der Waals surface area contributed by atoms with E-state index in [2.05, 4.69) is 25.6 Å². The molecule has 1 aromatic heterocycles. The van der Waals surface area contributed by atoms with Gasteiger partial charge in [0.2, 0.25) is 5.95 Å². The average Bonchev–Trinajstić information content (AvgIpc) is 3.45. The van der Waals surface area contributed by atoms with Gasteiger partial charge in [-0.05, 0) is 26.2 Å². The molecule has 0 radical (unpaired) electrons. The third-order valence-electron chi connectivity index (χ3n) is 4.96. The second-order valence-electron chi connectivity index (χ2n) is 7.33. The molecule has 0 unspecified atom stereocenters. The summed E-state index contributed by atoms with van der Waals surface area (Å²) in [4.78, 5) is 24.2. The first kappa shape index (κ1) is 20.9. The number of cyclic esters (lactones) is 1. The van der Waals surface area contributed by atoms with Crippen LogP contribution in [0.4, 0.5) is 24.9 Å². The Bertz CT molecular complexity index is 850. The van der Waals surface area contributed by atoms with E-state index in [9.17, 15) is 18.0 Å². The highest BCUT2D eigenvalue weighted by molar-refractivity contribution is 6.05. The standard InChI is InChI=1S/C18H23F3N6O2/c1-17(5-6-29-15(17)28)9-25-13(10-3-4-10)12(7-22)26-16-24-8-11(18(19,20)21)14(23-2)27-16/h7-8,10H,3-6,9,22H2,1-2H3,(H2,23,24,26,27)/b12-7+,25-13-/t17-/m1/s1. The van der Waals surface area contributed by atoms with Gasteiger partial charge in [0.25, 0.3) is 0 Å². The highest BCUT2D eigenvalue weighted by Gasteiger charge is 2.41. The number of ether oxygens (including phenoxy) is 1. The lowest BCUT2D eigenvalue weighted by atomic mass is 9.89. The number of alkyl halides is 3. The van der Waals surface area contributed by atoms with Gasteiger partial charge in [-0.1, -0.05) is 0 Å². The van der Waals surface area contributed by atoms with Crippen molar-refractivity contribution < 1.29 is 22.7 Å². The van der Waals surface area contributed by atoms with Crippen LogP contribution in [0.3, 0.4) is 0 Å². The van der Waals surface area contributed by atoms with Crippen LogP contribution < -0.4 is 16.4 Å². The number of carbonyl (C=O) groups is 1. The topological polar surface area (TPSA) is 115 Å². The van der Waals surface area contributed by atoms with Gasteiger partial charge in [-0.3, -0.25) is 9.79 Å². The zero-order valence-corrected chi connectivity index (χ0v) is 16.1. The number of anilines is 2. The van der Waals surface area contributed by atoms with E-state index in [1.165, 1.54) is 13.2 Å². The molecule has 8 nitrogen and oxygen atoms in total. The molecule has 158 valence electrons. The van der Waals surface area contributed by atoms with Crippen molar-refractivity contribution >= 4 is 23.4 Å². The number of aromatic nitrogens is 2. The van der Waals surface area contributed by atoms with Crippen molar-refractivity contribution in [2.24, 2.45) is 22.1 Å². The number of aliphatic imine (C=N–C) groups is 1. The van der Waals surface area contributed by atoms with Gasteiger partial charge in [0, 0.05) is 25.4 Å². The number of hydrogen-bond acceptors (Lipinski definition) is 8. The Balaban J connectivity index is 1.82. The molecule has 1 atom stereocenters. The van der Waals surface area contributed by atoms with Gasteiger partial charge in [-0.2, -0.15) is 18.2 Å². The van der Waals surface area contributed by atoms with Gasteiger partial charge in [0.1, 0.15) is 11.4 Å². The van der Waals surface area contributed by atoms with E-state index in [4.69, 9.17) is 10.5 Å². The molecule has 0 spiro atoms. The fraction of sp³-hybridized carbons (Fsp3) is 0.556. The monoisotopic (exact) mass is 412 g/mol. The van der Waals surface area contributed by atoms with E-state index >= 15 is 0 Å². The molecule has 3 rings (SSSR count). The summed E-state index contributed by atoms with van der Waals surface area (Å²) in [6, 6.07) is 0. The number of nitrogens with two attached hydrogens (primary N) is 1. The van der Waals surface area contributed by atoms with Gasteiger partial charge in [-0.25, -0.2) is 4.98 Å². The zero-order chi connectivity index (χ0) is 21.2. The number of esters is 1. The molecule has 2 fully saturated rings. The zero-order valence-electron chi connectivity index (χ0n) is 16.1. The molecule has 29 heavy (non-hydrogen) atoms. The number of halogens is 3. The van der Waals surface area contributed by atoms with Crippen LogP contribution in [0.25, 0.3) is 0 Å². The Morgan fingerprint density at radius 2 is 2.21 bits per heavy atom. The fourth-order valence-electron chi connectivity index (χ4n) is 2.99. The van der Waals surface area contributed by atoms with Crippen molar-refractivity contribution in [2.45, 2.75) is 32.4 Å². The average molecular weight is 412 g/mol. The summed E-state index contributed by atoms with van der Waals surface area (Å²) < 4.78 is 44.1. The quantitative estimate of drug-likeness (QED) is 0.466. The molecule has 0 bridgehead atoms. The van der Waals surface area contributed by atoms with E-state index in [0.717, 1.165) is 12.8 Å². The largest absolute Gasteiger partial charge is 0.465 e. The number of carbonyl (C=O) groups excluding carboxylic acids is 1. The maximum atomic E-state index is 13.0. The van der Waals surface area contributed by atoms with Crippen molar-refractivity contribution in [3.8, 4) is 0 Å². The van der Waals surface area contributed by atoms with Crippen LogP contribution in [0, 0.1) is 11.3 Å². The van der Waals surface area contributed by atoms with Crippen LogP contribution >= 0.6 is 0 Å². The van der Waals surface area contributed by atoms with Crippen LogP contribution in [-0.2, 0) is 15.7 Å². The molecule has 0 amide bonds. The smallest absolute Gasteiger partial charge is 0.421 e. The summed E-state index contributed by atoms with van der Waals surface area (Å²) in [5.74, 6) is -0.514. The lowest BCUT2D eigenvalue weighted by Gasteiger charge is -2.18. The Kier molecular flexibility index (Phi) is 5.67. The molecule has 11 heteroatoms. The normalized spacial score (nSPS) is 23.1. The summed E-state index contributed by atoms with van der Waals surface area (Å²) >= 11 is 0. The molecule has 1 saturated carbocycles. The molecule has 4 N–H and O–H groups in total. The minimum atomic E-state index is -4.57. The number of nitrogens with zero attached hydrogens (tertiary/aromatic N) is 3. The van der Waals surface area contributed by atoms with E-state index in [1.807, 2.05) is 0 Å². The van der Waals surface area contributed by atoms with Gasteiger partial charge >= 0.3 is 12.1 Å². The van der Waals surface area contributed by atoms with E-state index < -0.39 is 17.2 Å². The van der Waals surface area contributed by atoms with E-state index in [1.54, 1.807) is 6.92 Å². The number of nitrogens with one attached hydrogen (secondary N) is 2. The van der Waals surface area contributed by atoms with Crippen LogP contribution in [0.2, 0.25) is 0 Å². The predicted octanol–water partition coefficient (Wildman–Crippen LogP) is 2.55. The maximum absolute atomic E-state index is 13.0. The summed E-state index contributed by atoms with van der Waals surface area (Å²) in [7, 11) is 1.35. The number of allylic oxidation sites excluding steroid dienone is 1. The SMILES string of the molecule is CNc1nc(NC(=C/N)/C(=N\C[C@@]2(C)CCOC2=O)C2CC2)ncc1C(F)(F)F. The Hall–Kier alpha value is -2.85. The second kappa shape index (κ2) is 7.88.